The van der Waals surface area contributed by atoms with Crippen molar-refractivity contribution in [3.05, 3.63) is 28.2 Å². The smallest absolute Gasteiger partial charge is 0.365 e. The van der Waals surface area contributed by atoms with E-state index in [2.05, 4.69) is 35.1 Å². The predicted molar refractivity (Wildman–Crippen MR) is 82.6 cm³/mol. The number of hydrogen-bond donors (Lipinski definition) is 1. The molecule has 6 heteroatoms. The van der Waals surface area contributed by atoms with E-state index in [1.165, 1.54) is 0 Å². The molecule has 1 aromatic carbocycles. The van der Waals surface area contributed by atoms with Gasteiger partial charge in [-0.25, -0.2) is 0 Å². The zero-order chi connectivity index (χ0) is 15.8. The first-order valence-electron chi connectivity index (χ1n) is 7.07. The van der Waals surface area contributed by atoms with Gasteiger partial charge in [0.1, 0.15) is 0 Å². The summed E-state index contributed by atoms with van der Waals surface area (Å²) in [5.41, 5.74) is -0.307. The van der Waals surface area contributed by atoms with E-state index in [0.29, 0.717) is 23.5 Å². The highest BCUT2D eigenvalue weighted by molar-refractivity contribution is 9.10. The van der Waals surface area contributed by atoms with Crippen LogP contribution in [-0.2, 0) is 6.18 Å². The van der Waals surface area contributed by atoms with Gasteiger partial charge in [0.2, 0.25) is 0 Å². The fourth-order valence-electron chi connectivity index (χ4n) is 2.66. The monoisotopic (exact) mass is 364 g/mol. The topological polar surface area (TPSA) is 15.3 Å². The minimum absolute atomic E-state index is 0.0299. The van der Waals surface area contributed by atoms with Crippen LogP contribution in [0.3, 0.4) is 0 Å². The van der Waals surface area contributed by atoms with Crippen molar-refractivity contribution < 1.29 is 13.2 Å². The maximum Gasteiger partial charge on any atom is 0.418 e. The lowest BCUT2D eigenvalue weighted by atomic mass is 9.98. The summed E-state index contributed by atoms with van der Waals surface area (Å²) in [7, 11) is 0. The standard InChI is InChI=1S/C15H20BrF3N2/c1-9(2)13-8-21(10(3)7-20-13)14-5-4-11(16)6-12(14)15(17,18)19/h4-6,9-10,13,20H,7-8H2,1-3H3. The number of halogens is 4. The summed E-state index contributed by atoms with van der Waals surface area (Å²) in [6.07, 6.45) is -4.35. The third-order valence-corrected chi connectivity index (χ3v) is 4.47. The second-order valence-corrected chi connectivity index (χ2v) is 6.84. The van der Waals surface area contributed by atoms with Gasteiger partial charge in [-0.1, -0.05) is 29.8 Å². The molecule has 2 rings (SSSR count). The van der Waals surface area contributed by atoms with Gasteiger partial charge in [0.05, 0.1) is 5.56 Å². The van der Waals surface area contributed by atoms with E-state index in [4.69, 9.17) is 0 Å². The van der Waals surface area contributed by atoms with E-state index < -0.39 is 11.7 Å². The maximum absolute atomic E-state index is 13.3. The number of piperazine rings is 1. The molecule has 0 aromatic heterocycles. The number of benzene rings is 1. The molecule has 0 spiro atoms. The van der Waals surface area contributed by atoms with Crippen LogP contribution >= 0.6 is 15.9 Å². The van der Waals surface area contributed by atoms with Gasteiger partial charge in [-0.05, 0) is 31.0 Å². The van der Waals surface area contributed by atoms with Crippen molar-refractivity contribution in [3.63, 3.8) is 0 Å². The quantitative estimate of drug-likeness (QED) is 0.841. The van der Waals surface area contributed by atoms with E-state index in [1.54, 1.807) is 12.1 Å². The molecule has 1 heterocycles. The number of hydrogen-bond acceptors (Lipinski definition) is 2. The Bertz CT molecular complexity index is 502. The Morgan fingerprint density at radius 1 is 1.33 bits per heavy atom. The highest BCUT2D eigenvalue weighted by Crippen LogP contribution is 2.39. The Morgan fingerprint density at radius 3 is 2.57 bits per heavy atom. The molecule has 2 atom stereocenters. The SMILES string of the molecule is CC(C)C1CN(c2ccc(Br)cc2C(F)(F)F)C(C)CN1. The van der Waals surface area contributed by atoms with Gasteiger partial charge in [-0.2, -0.15) is 13.2 Å². The molecule has 1 N–H and O–H groups in total. The van der Waals surface area contributed by atoms with Crippen LogP contribution in [0.25, 0.3) is 0 Å². The van der Waals surface area contributed by atoms with Gasteiger partial charge in [-0.3, -0.25) is 0 Å². The van der Waals surface area contributed by atoms with E-state index >= 15 is 0 Å². The number of alkyl halides is 3. The van der Waals surface area contributed by atoms with Crippen LogP contribution in [0, 0.1) is 5.92 Å². The number of nitrogens with one attached hydrogen (secondary N) is 1. The first-order chi connectivity index (χ1) is 9.70. The second kappa shape index (κ2) is 6.16. The summed E-state index contributed by atoms with van der Waals surface area (Å²) in [6.45, 7) is 7.39. The third-order valence-electron chi connectivity index (χ3n) is 3.98. The molecule has 0 saturated carbocycles. The summed E-state index contributed by atoms with van der Waals surface area (Å²) < 4.78 is 40.4. The van der Waals surface area contributed by atoms with E-state index in [-0.39, 0.29) is 17.8 Å². The molecule has 1 fully saturated rings. The minimum Gasteiger partial charge on any atom is -0.365 e. The molecule has 0 aliphatic carbocycles. The number of nitrogens with zero attached hydrogens (tertiary/aromatic N) is 1. The average molecular weight is 365 g/mol. The summed E-state index contributed by atoms with van der Waals surface area (Å²) in [4.78, 5) is 1.87. The van der Waals surface area contributed by atoms with Gasteiger partial charge >= 0.3 is 6.18 Å². The van der Waals surface area contributed by atoms with Crippen molar-refractivity contribution in [2.24, 2.45) is 5.92 Å². The molecule has 2 unspecified atom stereocenters. The van der Waals surface area contributed by atoms with Crippen molar-refractivity contribution >= 4 is 21.6 Å². The lowest BCUT2D eigenvalue weighted by molar-refractivity contribution is -0.137. The highest BCUT2D eigenvalue weighted by atomic mass is 79.9. The second-order valence-electron chi connectivity index (χ2n) is 5.92. The fourth-order valence-corrected chi connectivity index (χ4v) is 3.02. The Kier molecular flexibility index (Phi) is 4.88. The molecular weight excluding hydrogens is 345 g/mol. The van der Waals surface area contributed by atoms with Crippen LogP contribution in [0.5, 0.6) is 0 Å². The normalized spacial score (nSPS) is 23.7. The molecule has 0 bridgehead atoms. The van der Waals surface area contributed by atoms with Crippen LogP contribution < -0.4 is 10.2 Å². The lowest BCUT2D eigenvalue weighted by Crippen LogP contribution is -2.57. The Labute approximate surface area is 131 Å². The van der Waals surface area contributed by atoms with Gasteiger partial charge < -0.3 is 10.2 Å². The summed E-state index contributed by atoms with van der Waals surface area (Å²) in [6, 6.07) is 4.62. The molecule has 118 valence electrons. The molecule has 1 saturated heterocycles. The van der Waals surface area contributed by atoms with Crippen molar-refractivity contribution in [2.45, 2.75) is 39.0 Å². The molecule has 2 nitrogen and oxygen atoms in total. The lowest BCUT2D eigenvalue weighted by Gasteiger charge is -2.42. The van der Waals surface area contributed by atoms with Crippen LogP contribution in [0.4, 0.5) is 18.9 Å². The van der Waals surface area contributed by atoms with Crippen LogP contribution in [0.15, 0.2) is 22.7 Å². The van der Waals surface area contributed by atoms with Gasteiger partial charge in [-0.15, -0.1) is 0 Å². The van der Waals surface area contributed by atoms with Gasteiger partial charge in [0.25, 0.3) is 0 Å². The molecule has 21 heavy (non-hydrogen) atoms. The van der Waals surface area contributed by atoms with Crippen molar-refractivity contribution in [1.82, 2.24) is 5.32 Å². The average Bonchev–Trinajstić information content (AvgIpc) is 2.38. The molecule has 0 radical (unpaired) electrons. The Morgan fingerprint density at radius 2 is 2.00 bits per heavy atom. The molecule has 1 aromatic rings. The first-order valence-corrected chi connectivity index (χ1v) is 7.86. The summed E-state index contributed by atoms with van der Waals surface area (Å²) in [5.74, 6) is 0.379. The third kappa shape index (κ3) is 3.72. The van der Waals surface area contributed by atoms with Gasteiger partial charge in [0.15, 0.2) is 0 Å². The minimum atomic E-state index is -4.35. The van der Waals surface area contributed by atoms with E-state index in [9.17, 15) is 13.2 Å². The van der Waals surface area contributed by atoms with Crippen LogP contribution in [0.2, 0.25) is 0 Å². The molecule has 1 aliphatic heterocycles. The predicted octanol–water partition coefficient (Wildman–Crippen LogP) is 4.29. The summed E-state index contributed by atoms with van der Waals surface area (Å²) in [5, 5.41) is 3.41. The molecule has 0 amide bonds. The first kappa shape index (κ1) is 16.6. The molecule has 1 aliphatic rings. The Hall–Kier alpha value is -0.750. The zero-order valence-corrected chi connectivity index (χ0v) is 13.9. The summed E-state index contributed by atoms with van der Waals surface area (Å²) >= 11 is 3.13. The van der Waals surface area contributed by atoms with Crippen molar-refractivity contribution in [1.29, 1.82) is 0 Å². The molecular formula is C15H20BrF3N2. The van der Waals surface area contributed by atoms with Crippen LogP contribution in [0.1, 0.15) is 26.3 Å². The van der Waals surface area contributed by atoms with Gasteiger partial charge in [0, 0.05) is 35.3 Å². The van der Waals surface area contributed by atoms with E-state index in [0.717, 1.165) is 6.07 Å². The van der Waals surface area contributed by atoms with Crippen LogP contribution in [-0.4, -0.2) is 25.2 Å². The fraction of sp³-hybridized carbons (Fsp3) is 0.600. The number of rotatable bonds is 2. The maximum atomic E-state index is 13.3. The largest absolute Gasteiger partial charge is 0.418 e. The van der Waals surface area contributed by atoms with E-state index in [1.807, 2.05) is 11.8 Å². The van der Waals surface area contributed by atoms with Crippen molar-refractivity contribution in [2.75, 3.05) is 18.0 Å². The Balaban J connectivity index is 2.40. The highest BCUT2D eigenvalue weighted by Gasteiger charge is 2.37. The number of anilines is 1. The van der Waals surface area contributed by atoms with Crippen molar-refractivity contribution in [3.8, 4) is 0 Å². The zero-order valence-electron chi connectivity index (χ0n) is 12.3.